The summed E-state index contributed by atoms with van der Waals surface area (Å²) in [7, 11) is 0. The molecule has 2 saturated carbocycles. The molecule has 3 aromatic rings. The highest BCUT2D eigenvalue weighted by Crippen LogP contribution is 2.38. The Morgan fingerprint density at radius 1 is 1.14 bits per heavy atom. The zero-order valence-corrected chi connectivity index (χ0v) is 21.6. The zero-order valence-electron chi connectivity index (χ0n) is 20.1. The predicted molar refractivity (Wildman–Crippen MR) is 142 cm³/mol. The quantitative estimate of drug-likeness (QED) is 0.349. The molecule has 0 spiro atoms. The fraction of sp³-hybridized carbons (Fsp3) is 0.520. The summed E-state index contributed by atoms with van der Waals surface area (Å²) in [5, 5.41) is 18.1. The van der Waals surface area contributed by atoms with Crippen molar-refractivity contribution in [1.82, 2.24) is 19.5 Å². The minimum atomic E-state index is -0.328. The van der Waals surface area contributed by atoms with Gasteiger partial charge < -0.3 is 21.5 Å². The number of carbonyl (C=O) groups excluding carboxylic acids is 1. The van der Waals surface area contributed by atoms with Crippen LogP contribution in [0.25, 0.3) is 11.2 Å². The number of halogens is 2. The first-order valence-corrected chi connectivity index (χ1v) is 13.2. The van der Waals surface area contributed by atoms with Crippen LogP contribution in [0.1, 0.15) is 57.9 Å². The van der Waals surface area contributed by atoms with E-state index in [0.717, 1.165) is 38.5 Å². The van der Waals surface area contributed by atoms with E-state index in [4.69, 9.17) is 38.9 Å². The fourth-order valence-corrected chi connectivity index (χ4v) is 5.79. The molecular weight excluding hydrogens is 501 g/mol. The summed E-state index contributed by atoms with van der Waals surface area (Å²) in [4.78, 5) is 25.9. The number of aliphatic hydroxyl groups excluding tert-OH is 1. The largest absolute Gasteiger partial charge is 0.393 e. The maximum Gasteiger partial charge on any atom is 0.224 e. The lowest BCUT2D eigenvalue weighted by Crippen LogP contribution is -2.35. The number of nitrogens with zero attached hydrogens (tertiary/aromatic N) is 4. The Bertz CT molecular complexity index is 1260. The Hall–Kier alpha value is -2.62. The van der Waals surface area contributed by atoms with E-state index in [1.807, 2.05) is 6.07 Å². The number of anilines is 3. The maximum absolute atomic E-state index is 11.7. The van der Waals surface area contributed by atoms with Crippen LogP contribution in [0, 0.1) is 11.8 Å². The van der Waals surface area contributed by atoms with E-state index in [-0.39, 0.29) is 30.0 Å². The lowest BCUT2D eigenvalue weighted by atomic mass is 9.85. The van der Waals surface area contributed by atoms with E-state index in [1.54, 1.807) is 18.3 Å². The summed E-state index contributed by atoms with van der Waals surface area (Å²) in [6.07, 6.45) is 6.96. The van der Waals surface area contributed by atoms with Crippen LogP contribution in [-0.4, -0.2) is 42.7 Å². The third-order valence-electron chi connectivity index (χ3n) is 7.56. The third-order valence-corrected chi connectivity index (χ3v) is 8.11. The van der Waals surface area contributed by atoms with Gasteiger partial charge >= 0.3 is 0 Å². The summed E-state index contributed by atoms with van der Waals surface area (Å²) in [5.41, 5.74) is 7.60. The second kappa shape index (κ2) is 10.4. The number of benzene rings is 1. The van der Waals surface area contributed by atoms with Gasteiger partial charge in [0.05, 0.1) is 23.0 Å². The minimum absolute atomic E-state index is 0.0827. The average Bonchev–Trinajstić information content (AvgIpc) is 3.20. The highest BCUT2D eigenvalue weighted by molar-refractivity contribution is 6.36. The molecule has 0 radical (unpaired) electrons. The number of aliphatic hydroxyl groups is 1. The molecular formula is C25H31Cl2N7O2. The minimum Gasteiger partial charge on any atom is -0.393 e. The Kier molecular flexibility index (Phi) is 7.23. The van der Waals surface area contributed by atoms with E-state index in [2.05, 4.69) is 27.1 Å². The van der Waals surface area contributed by atoms with E-state index in [0.29, 0.717) is 51.1 Å². The summed E-state index contributed by atoms with van der Waals surface area (Å²) in [6, 6.07) is 5.45. The summed E-state index contributed by atoms with van der Waals surface area (Å²) in [6.45, 7) is 2.08. The van der Waals surface area contributed by atoms with Gasteiger partial charge in [-0.1, -0.05) is 30.1 Å². The van der Waals surface area contributed by atoms with Crippen LogP contribution in [0.15, 0.2) is 24.4 Å². The number of primary amides is 1. The summed E-state index contributed by atoms with van der Waals surface area (Å²) < 4.78 is 2.09. The van der Waals surface area contributed by atoms with Crippen LogP contribution in [0.2, 0.25) is 10.0 Å². The van der Waals surface area contributed by atoms with Crippen LogP contribution < -0.4 is 16.4 Å². The molecule has 9 nitrogen and oxygen atoms in total. The van der Waals surface area contributed by atoms with Gasteiger partial charge in [0.15, 0.2) is 5.65 Å². The lowest BCUT2D eigenvalue weighted by molar-refractivity contribution is -0.122. The molecule has 2 heterocycles. The molecule has 5 rings (SSSR count). The molecule has 2 fully saturated rings. The van der Waals surface area contributed by atoms with E-state index in [9.17, 15) is 9.90 Å². The van der Waals surface area contributed by atoms with Crippen LogP contribution in [-0.2, 0) is 4.79 Å². The van der Waals surface area contributed by atoms with Gasteiger partial charge in [-0.2, -0.15) is 4.98 Å². The average molecular weight is 532 g/mol. The van der Waals surface area contributed by atoms with Crippen molar-refractivity contribution in [2.75, 3.05) is 10.6 Å². The number of imidazole rings is 1. The van der Waals surface area contributed by atoms with Gasteiger partial charge in [0.2, 0.25) is 17.8 Å². The molecule has 1 amide bonds. The molecule has 11 heteroatoms. The lowest BCUT2D eigenvalue weighted by Gasteiger charge is -2.31. The monoisotopic (exact) mass is 531 g/mol. The van der Waals surface area contributed by atoms with Crippen molar-refractivity contribution in [3.63, 3.8) is 0 Å². The van der Waals surface area contributed by atoms with Crippen molar-refractivity contribution in [1.29, 1.82) is 0 Å². The number of amides is 1. The van der Waals surface area contributed by atoms with Crippen molar-refractivity contribution in [2.45, 2.75) is 70.1 Å². The number of hydrogen-bond acceptors (Lipinski definition) is 7. The fourth-order valence-electron chi connectivity index (χ4n) is 5.34. The Morgan fingerprint density at radius 3 is 2.61 bits per heavy atom. The normalized spacial score (nSPS) is 26.6. The highest BCUT2D eigenvalue weighted by atomic mass is 35.5. The number of hydrogen-bond donors (Lipinski definition) is 4. The van der Waals surface area contributed by atoms with Crippen molar-refractivity contribution in [3.8, 4) is 0 Å². The number of nitrogens with one attached hydrogen (secondary N) is 2. The van der Waals surface area contributed by atoms with Crippen molar-refractivity contribution in [3.05, 3.63) is 34.4 Å². The molecule has 0 saturated heterocycles. The molecule has 2 aliphatic rings. The molecule has 3 atom stereocenters. The first-order valence-electron chi connectivity index (χ1n) is 12.5. The van der Waals surface area contributed by atoms with Crippen LogP contribution in [0.4, 0.5) is 17.6 Å². The molecule has 0 aliphatic heterocycles. The van der Waals surface area contributed by atoms with Crippen LogP contribution >= 0.6 is 23.2 Å². The standard InChI is InChI=1S/C25H31Cl2N7O2/c1-13-2-6-16(11-21(13)35)30-24-29-12-20-23(33-24)34(17-7-3-14(4-8-17)22(28)36)25(32-20)31-19-9-5-15(26)10-18(19)27/h5,9-10,12-14,16-17,21,35H,2-4,6-8,11H2,1H3,(H2,28,36)(H,31,32)(H,29,30,33)/t13-,14-,16-,17+,21?/m1/s1. The van der Waals surface area contributed by atoms with Gasteiger partial charge in [0, 0.05) is 23.0 Å². The third kappa shape index (κ3) is 5.23. The molecule has 5 N–H and O–H groups in total. The Morgan fingerprint density at radius 2 is 1.92 bits per heavy atom. The first-order chi connectivity index (χ1) is 17.3. The molecule has 36 heavy (non-hydrogen) atoms. The molecule has 2 aliphatic carbocycles. The molecule has 192 valence electrons. The zero-order chi connectivity index (χ0) is 25.4. The number of aromatic nitrogens is 4. The Labute approximate surface area is 219 Å². The second-order valence-electron chi connectivity index (χ2n) is 10.1. The van der Waals surface area contributed by atoms with Gasteiger partial charge in [-0.25, -0.2) is 9.97 Å². The van der Waals surface area contributed by atoms with Gasteiger partial charge in [0.1, 0.15) is 5.52 Å². The topological polar surface area (TPSA) is 131 Å². The first kappa shape index (κ1) is 25.0. The number of rotatable bonds is 6. The van der Waals surface area contributed by atoms with E-state index < -0.39 is 0 Å². The molecule has 2 aromatic heterocycles. The maximum atomic E-state index is 11.7. The molecule has 1 unspecified atom stereocenters. The number of nitrogens with two attached hydrogens (primary N) is 1. The number of carbonyl (C=O) groups is 1. The van der Waals surface area contributed by atoms with Gasteiger partial charge in [-0.15, -0.1) is 0 Å². The van der Waals surface area contributed by atoms with Crippen LogP contribution in [0.3, 0.4) is 0 Å². The predicted octanol–water partition coefficient (Wildman–Crippen LogP) is 5.05. The number of fused-ring (bicyclic) bond motifs is 1. The smallest absolute Gasteiger partial charge is 0.224 e. The van der Waals surface area contributed by atoms with Crippen molar-refractivity contribution < 1.29 is 9.90 Å². The van der Waals surface area contributed by atoms with Crippen LogP contribution in [0.5, 0.6) is 0 Å². The summed E-state index contributed by atoms with van der Waals surface area (Å²) in [5.74, 6) is 1.07. The van der Waals surface area contributed by atoms with E-state index >= 15 is 0 Å². The summed E-state index contributed by atoms with van der Waals surface area (Å²) >= 11 is 12.5. The second-order valence-corrected chi connectivity index (χ2v) is 10.9. The Balaban J connectivity index is 1.48. The SMILES string of the molecule is C[C@@H]1CC[C@@H](Nc2ncc3nc(Nc4ccc(Cl)cc4Cl)n([C@H]4CC[C@@H](C(N)=O)CC4)c3n2)CC1O. The van der Waals surface area contributed by atoms with Crippen molar-refractivity contribution >= 4 is 57.9 Å². The van der Waals surface area contributed by atoms with E-state index in [1.165, 1.54) is 0 Å². The molecule has 0 bridgehead atoms. The van der Waals surface area contributed by atoms with Gasteiger partial charge in [-0.3, -0.25) is 9.36 Å². The highest BCUT2D eigenvalue weighted by Gasteiger charge is 2.30. The van der Waals surface area contributed by atoms with Gasteiger partial charge in [0.25, 0.3) is 0 Å². The van der Waals surface area contributed by atoms with Crippen molar-refractivity contribution in [2.24, 2.45) is 17.6 Å². The molecule has 1 aromatic carbocycles. The van der Waals surface area contributed by atoms with Gasteiger partial charge in [-0.05, 0) is 69.1 Å².